The average molecular weight is 615 g/mol. The Morgan fingerprint density at radius 2 is 1.34 bits per heavy atom. The fourth-order valence-corrected chi connectivity index (χ4v) is 4.42. The highest BCUT2D eigenvalue weighted by Gasteiger charge is 2.53. The molecule has 0 aliphatic carbocycles. The topological polar surface area (TPSA) is 172 Å². The van der Waals surface area contributed by atoms with Crippen LogP contribution in [0.4, 0.5) is 0 Å². The molecule has 14 nitrogen and oxygen atoms in total. The van der Waals surface area contributed by atoms with E-state index in [-0.39, 0.29) is 22.5 Å². The molecule has 0 unspecified atom stereocenters. The molecule has 1 aromatic heterocycles. The van der Waals surface area contributed by atoms with Crippen LogP contribution in [-0.2, 0) is 42.9 Å². The summed E-state index contributed by atoms with van der Waals surface area (Å²) in [6, 6.07) is 10.9. The number of methoxy groups -OCH3 is 1. The van der Waals surface area contributed by atoms with Crippen LogP contribution in [-0.4, -0.2) is 68.3 Å². The molecule has 0 bridgehead atoms. The molecule has 44 heavy (non-hydrogen) atoms. The van der Waals surface area contributed by atoms with Crippen molar-refractivity contribution in [3.63, 3.8) is 0 Å². The summed E-state index contributed by atoms with van der Waals surface area (Å²) in [5, 5.41) is 0.171. The van der Waals surface area contributed by atoms with E-state index < -0.39 is 66.6 Å². The van der Waals surface area contributed by atoms with Crippen molar-refractivity contribution >= 4 is 34.8 Å². The molecular formula is C30H30O14. The van der Waals surface area contributed by atoms with Crippen molar-refractivity contribution in [2.24, 2.45) is 0 Å². The molecule has 0 radical (unpaired) electrons. The SMILES string of the molecule is COc1ccc(Oc2coc3cc(O[C@@H]4O[C@@H](COC(C)=O)[C@@H](OC(C)=O)[C@@H](OC(C)=O)[C@@H]4OC(C)=O)ccc3c2=O)cc1. The molecule has 234 valence electrons. The molecule has 2 heterocycles. The fourth-order valence-electron chi connectivity index (χ4n) is 4.42. The van der Waals surface area contributed by atoms with Gasteiger partial charge in [-0.3, -0.25) is 24.0 Å². The minimum absolute atomic E-state index is 0.0593. The predicted molar refractivity (Wildman–Crippen MR) is 148 cm³/mol. The molecule has 0 saturated carbocycles. The van der Waals surface area contributed by atoms with Crippen LogP contribution in [0.5, 0.6) is 23.0 Å². The first-order valence-electron chi connectivity index (χ1n) is 13.3. The Morgan fingerprint density at radius 3 is 1.95 bits per heavy atom. The highest BCUT2D eigenvalue weighted by Crippen LogP contribution is 2.32. The average Bonchev–Trinajstić information content (AvgIpc) is 2.96. The lowest BCUT2D eigenvalue weighted by Crippen LogP contribution is -2.63. The number of fused-ring (bicyclic) bond motifs is 1. The highest BCUT2D eigenvalue weighted by molar-refractivity contribution is 5.79. The zero-order valence-electron chi connectivity index (χ0n) is 24.4. The van der Waals surface area contributed by atoms with Crippen molar-refractivity contribution in [3.05, 3.63) is 59.0 Å². The second kappa shape index (κ2) is 13.9. The number of benzene rings is 2. The lowest BCUT2D eigenvalue weighted by Gasteiger charge is -2.43. The van der Waals surface area contributed by atoms with Crippen LogP contribution in [0.1, 0.15) is 27.7 Å². The van der Waals surface area contributed by atoms with Crippen LogP contribution in [0.25, 0.3) is 11.0 Å². The van der Waals surface area contributed by atoms with Gasteiger partial charge in [-0.1, -0.05) is 0 Å². The van der Waals surface area contributed by atoms with E-state index in [4.69, 9.17) is 42.3 Å². The maximum atomic E-state index is 13.1. The summed E-state index contributed by atoms with van der Waals surface area (Å²) >= 11 is 0. The fraction of sp³-hybridized carbons (Fsp3) is 0.367. The van der Waals surface area contributed by atoms with Gasteiger partial charge < -0.3 is 42.3 Å². The molecule has 1 saturated heterocycles. The molecule has 1 fully saturated rings. The van der Waals surface area contributed by atoms with Gasteiger partial charge in [0.15, 0.2) is 12.2 Å². The van der Waals surface area contributed by atoms with Gasteiger partial charge in [0.05, 0.1) is 12.5 Å². The minimum Gasteiger partial charge on any atom is -0.497 e. The Morgan fingerprint density at radius 1 is 0.750 bits per heavy atom. The monoisotopic (exact) mass is 614 g/mol. The van der Waals surface area contributed by atoms with Gasteiger partial charge in [0.25, 0.3) is 0 Å². The van der Waals surface area contributed by atoms with Crippen molar-refractivity contribution in [1.82, 2.24) is 0 Å². The second-order valence-electron chi connectivity index (χ2n) is 9.55. The number of carbonyl (C=O) groups is 4. The van der Waals surface area contributed by atoms with E-state index in [1.807, 2.05) is 0 Å². The largest absolute Gasteiger partial charge is 0.497 e. The number of hydrogen-bond donors (Lipinski definition) is 0. The molecule has 3 aromatic rings. The maximum absolute atomic E-state index is 13.1. The van der Waals surface area contributed by atoms with Gasteiger partial charge >= 0.3 is 23.9 Å². The lowest BCUT2D eigenvalue weighted by atomic mass is 9.98. The van der Waals surface area contributed by atoms with E-state index in [2.05, 4.69) is 0 Å². The third-order valence-corrected chi connectivity index (χ3v) is 6.20. The molecule has 4 rings (SSSR count). The lowest BCUT2D eigenvalue weighted by molar-refractivity contribution is -0.288. The van der Waals surface area contributed by atoms with Crippen molar-refractivity contribution in [3.8, 4) is 23.0 Å². The Labute approximate surface area is 250 Å². The van der Waals surface area contributed by atoms with Crippen LogP contribution in [0.3, 0.4) is 0 Å². The van der Waals surface area contributed by atoms with Crippen molar-refractivity contribution < 1.29 is 61.5 Å². The minimum atomic E-state index is -1.46. The van der Waals surface area contributed by atoms with Crippen LogP contribution in [0.15, 0.2) is 57.9 Å². The zero-order chi connectivity index (χ0) is 32.0. The molecule has 5 atom stereocenters. The number of ether oxygens (including phenoxy) is 8. The smallest absolute Gasteiger partial charge is 0.303 e. The first kappa shape index (κ1) is 31.8. The summed E-state index contributed by atoms with van der Waals surface area (Å²) in [7, 11) is 1.53. The number of hydrogen-bond acceptors (Lipinski definition) is 14. The normalized spacial score (nSPS) is 21.1. The number of carbonyl (C=O) groups excluding carboxylic acids is 4. The molecular weight excluding hydrogens is 584 g/mol. The Kier molecular flexibility index (Phi) is 10.1. The molecule has 14 heteroatoms. The number of rotatable bonds is 10. The molecule has 0 N–H and O–H groups in total. The summed E-state index contributed by atoms with van der Waals surface area (Å²) in [6.45, 7) is 4.10. The second-order valence-corrected chi connectivity index (χ2v) is 9.55. The summed E-state index contributed by atoms with van der Waals surface area (Å²) < 4.78 is 49.6. The first-order chi connectivity index (χ1) is 20.9. The van der Waals surface area contributed by atoms with Crippen LogP contribution >= 0.6 is 0 Å². The Balaban J connectivity index is 1.65. The third-order valence-electron chi connectivity index (χ3n) is 6.20. The van der Waals surface area contributed by atoms with Crippen LogP contribution in [0, 0.1) is 0 Å². The van der Waals surface area contributed by atoms with Gasteiger partial charge in [-0.05, 0) is 36.4 Å². The van der Waals surface area contributed by atoms with Gasteiger partial charge in [-0.15, -0.1) is 0 Å². The van der Waals surface area contributed by atoms with E-state index in [1.165, 1.54) is 32.2 Å². The highest BCUT2D eigenvalue weighted by atomic mass is 16.7. The Bertz CT molecular complexity index is 1580. The van der Waals surface area contributed by atoms with E-state index >= 15 is 0 Å². The van der Waals surface area contributed by atoms with Gasteiger partial charge in [-0.2, -0.15) is 0 Å². The summed E-state index contributed by atoms with van der Waals surface area (Å²) in [5.41, 5.74) is -0.332. The Hall–Kier alpha value is -5.11. The van der Waals surface area contributed by atoms with Gasteiger partial charge in [0.2, 0.25) is 23.6 Å². The molecule has 2 aromatic carbocycles. The summed E-state index contributed by atoms with van der Waals surface area (Å²) in [5.74, 6) is -1.92. The predicted octanol–water partition coefficient (Wildman–Crippen LogP) is 3.06. The first-order valence-corrected chi connectivity index (χ1v) is 13.3. The van der Waals surface area contributed by atoms with E-state index in [0.29, 0.717) is 11.5 Å². The van der Waals surface area contributed by atoms with Crippen LogP contribution < -0.4 is 19.6 Å². The van der Waals surface area contributed by atoms with Gasteiger partial charge in [0, 0.05) is 33.8 Å². The van der Waals surface area contributed by atoms with Crippen molar-refractivity contribution in [2.75, 3.05) is 13.7 Å². The maximum Gasteiger partial charge on any atom is 0.303 e. The van der Waals surface area contributed by atoms with Gasteiger partial charge in [-0.25, -0.2) is 0 Å². The molecule has 1 aliphatic rings. The van der Waals surface area contributed by atoms with E-state index in [0.717, 1.165) is 27.0 Å². The standard InChI is InChI=1S/C30H30O14/c1-15(31)37-14-25-27(39-16(2)32)28(40-17(3)33)29(41-18(4)34)30(44-25)43-21-10-11-22-23(12-21)38-13-24(26(22)35)42-20-8-6-19(36-5)7-9-20/h6-13,25,27-30H,14H2,1-5H3/t25-,27+,28+,29-,30+/m0/s1. The van der Waals surface area contributed by atoms with Crippen molar-refractivity contribution in [1.29, 1.82) is 0 Å². The summed E-state index contributed by atoms with van der Waals surface area (Å²) in [4.78, 5) is 60.7. The van der Waals surface area contributed by atoms with Gasteiger partial charge in [0.1, 0.15) is 41.8 Å². The summed E-state index contributed by atoms with van der Waals surface area (Å²) in [6.07, 6.45) is -5.68. The van der Waals surface area contributed by atoms with Crippen LogP contribution in [0.2, 0.25) is 0 Å². The van der Waals surface area contributed by atoms with E-state index in [9.17, 15) is 24.0 Å². The van der Waals surface area contributed by atoms with E-state index in [1.54, 1.807) is 24.3 Å². The van der Waals surface area contributed by atoms with Crippen molar-refractivity contribution in [2.45, 2.75) is 58.4 Å². The zero-order valence-corrected chi connectivity index (χ0v) is 24.4. The molecule has 0 spiro atoms. The third kappa shape index (κ3) is 7.83. The molecule has 1 aliphatic heterocycles. The number of esters is 4. The quantitative estimate of drug-likeness (QED) is 0.241. The molecule has 0 amide bonds.